The van der Waals surface area contributed by atoms with Gasteiger partial charge in [0.25, 0.3) is 0 Å². The molecule has 94 valence electrons. The molecular formula is C15H16O3. The number of hydrogen-bond acceptors (Lipinski definition) is 3. The first kappa shape index (κ1) is 12.6. The standard InChI is InChI=1S/C15H16O3/c16-14(13-9-5-2-6-10-13)15(17)18-11-12-7-3-1-4-8-12/h1-5,7-8,13H,6,9-11H2. The van der Waals surface area contributed by atoms with Gasteiger partial charge >= 0.3 is 5.97 Å². The maximum absolute atomic E-state index is 11.8. The molecule has 0 saturated heterocycles. The largest absolute Gasteiger partial charge is 0.455 e. The minimum atomic E-state index is -0.709. The van der Waals surface area contributed by atoms with Gasteiger partial charge in [0.15, 0.2) is 0 Å². The van der Waals surface area contributed by atoms with Gasteiger partial charge in [0.05, 0.1) is 0 Å². The van der Waals surface area contributed by atoms with Gasteiger partial charge in [0.2, 0.25) is 5.78 Å². The van der Waals surface area contributed by atoms with Crippen molar-refractivity contribution >= 4 is 11.8 Å². The van der Waals surface area contributed by atoms with Crippen LogP contribution in [-0.2, 0) is 20.9 Å². The average Bonchev–Trinajstić information content (AvgIpc) is 2.46. The van der Waals surface area contributed by atoms with Crippen molar-refractivity contribution in [1.82, 2.24) is 0 Å². The molecule has 1 aromatic rings. The molecule has 18 heavy (non-hydrogen) atoms. The Morgan fingerprint density at radius 2 is 1.94 bits per heavy atom. The SMILES string of the molecule is O=C(OCc1ccccc1)C(=O)C1CC=CCC1. The number of ether oxygens (including phenoxy) is 1. The lowest BCUT2D eigenvalue weighted by Crippen LogP contribution is -2.26. The van der Waals surface area contributed by atoms with E-state index in [1.807, 2.05) is 42.5 Å². The van der Waals surface area contributed by atoms with E-state index in [-0.39, 0.29) is 12.5 Å². The molecular weight excluding hydrogens is 228 g/mol. The second kappa shape index (κ2) is 6.15. The van der Waals surface area contributed by atoms with Crippen molar-refractivity contribution in [2.24, 2.45) is 5.92 Å². The van der Waals surface area contributed by atoms with E-state index in [9.17, 15) is 9.59 Å². The first-order valence-electron chi connectivity index (χ1n) is 6.17. The molecule has 1 unspecified atom stereocenters. The smallest absolute Gasteiger partial charge is 0.375 e. The van der Waals surface area contributed by atoms with Crippen LogP contribution in [0.15, 0.2) is 42.5 Å². The zero-order valence-corrected chi connectivity index (χ0v) is 10.2. The Bertz CT molecular complexity index is 448. The number of hydrogen-bond donors (Lipinski definition) is 0. The lowest BCUT2D eigenvalue weighted by Gasteiger charge is -2.15. The van der Waals surface area contributed by atoms with E-state index in [0.29, 0.717) is 6.42 Å². The summed E-state index contributed by atoms with van der Waals surface area (Å²) < 4.78 is 5.03. The molecule has 0 saturated carbocycles. The molecule has 3 nitrogen and oxygen atoms in total. The molecule has 0 amide bonds. The Hall–Kier alpha value is -1.90. The molecule has 0 spiro atoms. The molecule has 0 aliphatic heterocycles. The Balaban J connectivity index is 1.84. The zero-order valence-electron chi connectivity index (χ0n) is 10.2. The number of Topliss-reactive ketones (excluding diaryl/α,β-unsaturated/α-hetero) is 1. The lowest BCUT2D eigenvalue weighted by molar-refractivity contribution is -0.156. The van der Waals surface area contributed by atoms with Gasteiger partial charge in [-0.3, -0.25) is 4.79 Å². The highest BCUT2D eigenvalue weighted by Gasteiger charge is 2.26. The van der Waals surface area contributed by atoms with Crippen molar-refractivity contribution in [3.8, 4) is 0 Å². The molecule has 0 aromatic heterocycles. The maximum Gasteiger partial charge on any atom is 0.375 e. The molecule has 0 heterocycles. The van der Waals surface area contributed by atoms with Crippen LogP contribution in [0.2, 0.25) is 0 Å². The Morgan fingerprint density at radius 1 is 1.17 bits per heavy atom. The fraction of sp³-hybridized carbons (Fsp3) is 0.333. The third-order valence-corrected chi connectivity index (χ3v) is 3.05. The molecule has 0 N–H and O–H groups in total. The highest BCUT2D eigenvalue weighted by Crippen LogP contribution is 2.19. The van der Waals surface area contributed by atoms with E-state index in [4.69, 9.17) is 4.74 Å². The van der Waals surface area contributed by atoms with Crippen LogP contribution in [0.5, 0.6) is 0 Å². The summed E-state index contributed by atoms with van der Waals surface area (Å²) in [6.45, 7) is 0.161. The number of carbonyl (C=O) groups excluding carboxylic acids is 2. The third-order valence-electron chi connectivity index (χ3n) is 3.05. The van der Waals surface area contributed by atoms with Crippen molar-refractivity contribution in [1.29, 1.82) is 0 Å². The number of carbonyl (C=O) groups is 2. The predicted octanol–water partition coefficient (Wildman–Crippen LogP) is 2.66. The van der Waals surface area contributed by atoms with E-state index < -0.39 is 11.8 Å². The van der Waals surface area contributed by atoms with E-state index in [0.717, 1.165) is 18.4 Å². The predicted molar refractivity (Wildman–Crippen MR) is 67.7 cm³/mol. The number of esters is 1. The molecule has 0 fully saturated rings. The molecule has 1 aromatic carbocycles. The van der Waals surface area contributed by atoms with Gasteiger partial charge in [-0.1, -0.05) is 42.5 Å². The quantitative estimate of drug-likeness (QED) is 0.464. The average molecular weight is 244 g/mol. The zero-order chi connectivity index (χ0) is 12.8. The highest BCUT2D eigenvalue weighted by molar-refractivity contribution is 6.34. The van der Waals surface area contributed by atoms with Gasteiger partial charge in [-0.2, -0.15) is 0 Å². The summed E-state index contributed by atoms with van der Waals surface area (Å²) in [6.07, 6.45) is 6.26. The Morgan fingerprint density at radius 3 is 2.61 bits per heavy atom. The first-order valence-corrected chi connectivity index (χ1v) is 6.17. The molecule has 0 bridgehead atoms. The van der Waals surface area contributed by atoms with Crippen molar-refractivity contribution in [2.45, 2.75) is 25.9 Å². The van der Waals surface area contributed by atoms with Crippen LogP contribution in [0.4, 0.5) is 0 Å². The third kappa shape index (κ3) is 3.29. The van der Waals surface area contributed by atoms with E-state index in [1.165, 1.54) is 0 Å². The summed E-state index contributed by atoms with van der Waals surface area (Å²) in [7, 11) is 0. The molecule has 3 heteroatoms. The summed E-state index contributed by atoms with van der Waals surface area (Å²) in [5.41, 5.74) is 0.891. The van der Waals surface area contributed by atoms with Gasteiger partial charge in [-0.15, -0.1) is 0 Å². The normalized spacial score (nSPS) is 18.3. The second-order valence-corrected chi connectivity index (χ2v) is 4.41. The molecule has 1 aliphatic rings. The van der Waals surface area contributed by atoms with Crippen LogP contribution in [-0.4, -0.2) is 11.8 Å². The topological polar surface area (TPSA) is 43.4 Å². The van der Waals surface area contributed by atoms with E-state index >= 15 is 0 Å². The van der Waals surface area contributed by atoms with Gasteiger partial charge < -0.3 is 4.74 Å². The van der Waals surface area contributed by atoms with Gasteiger partial charge in [0, 0.05) is 5.92 Å². The fourth-order valence-electron chi connectivity index (χ4n) is 1.99. The molecule has 0 radical (unpaired) electrons. The van der Waals surface area contributed by atoms with Crippen LogP contribution in [0.1, 0.15) is 24.8 Å². The monoisotopic (exact) mass is 244 g/mol. The highest BCUT2D eigenvalue weighted by atomic mass is 16.5. The van der Waals surface area contributed by atoms with E-state index in [1.54, 1.807) is 0 Å². The van der Waals surface area contributed by atoms with Crippen molar-refractivity contribution in [3.05, 3.63) is 48.0 Å². The Kier molecular flexibility index (Phi) is 4.29. The minimum Gasteiger partial charge on any atom is -0.455 e. The molecule has 2 rings (SSSR count). The number of benzene rings is 1. The fourth-order valence-corrected chi connectivity index (χ4v) is 1.99. The van der Waals surface area contributed by atoms with Gasteiger partial charge in [-0.05, 0) is 24.8 Å². The van der Waals surface area contributed by atoms with Crippen molar-refractivity contribution in [2.75, 3.05) is 0 Å². The summed E-state index contributed by atoms with van der Waals surface area (Å²) in [5.74, 6) is -1.30. The van der Waals surface area contributed by atoms with Crippen LogP contribution in [0.3, 0.4) is 0 Å². The summed E-state index contributed by atoms with van der Waals surface area (Å²) in [5, 5.41) is 0. The number of rotatable bonds is 4. The molecule has 1 aliphatic carbocycles. The number of ketones is 1. The minimum absolute atomic E-state index is 0.161. The second-order valence-electron chi connectivity index (χ2n) is 4.41. The lowest BCUT2D eigenvalue weighted by atomic mass is 9.90. The number of allylic oxidation sites excluding steroid dienone is 2. The first-order chi connectivity index (χ1) is 8.77. The van der Waals surface area contributed by atoms with Gasteiger partial charge in [-0.25, -0.2) is 4.79 Å². The molecule has 1 atom stereocenters. The van der Waals surface area contributed by atoms with E-state index in [2.05, 4.69) is 0 Å². The van der Waals surface area contributed by atoms with Crippen molar-refractivity contribution in [3.63, 3.8) is 0 Å². The van der Waals surface area contributed by atoms with Crippen LogP contribution in [0, 0.1) is 5.92 Å². The maximum atomic E-state index is 11.8. The summed E-state index contributed by atoms with van der Waals surface area (Å²) >= 11 is 0. The summed E-state index contributed by atoms with van der Waals surface area (Å²) in [4.78, 5) is 23.4. The van der Waals surface area contributed by atoms with Gasteiger partial charge in [0.1, 0.15) is 6.61 Å². The van der Waals surface area contributed by atoms with Crippen LogP contribution >= 0.6 is 0 Å². The van der Waals surface area contributed by atoms with Crippen LogP contribution in [0.25, 0.3) is 0 Å². The summed E-state index contributed by atoms with van der Waals surface area (Å²) in [6, 6.07) is 9.36. The van der Waals surface area contributed by atoms with Crippen molar-refractivity contribution < 1.29 is 14.3 Å². The Labute approximate surface area is 106 Å². The van der Waals surface area contributed by atoms with Crippen LogP contribution < -0.4 is 0 Å².